The van der Waals surface area contributed by atoms with E-state index in [9.17, 15) is 14.4 Å². The van der Waals surface area contributed by atoms with Crippen LogP contribution in [0.25, 0.3) is 10.9 Å². The number of benzene rings is 2. The number of para-hydroxylation sites is 1. The average Bonchev–Trinajstić information content (AvgIpc) is 3.24. The summed E-state index contributed by atoms with van der Waals surface area (Å²) in [5.41, 5.74) is 4.30. The molecule has 2 amide bonds. The topological polar surface area (TPSA) is 82.7 Å². The van der Waals surface area contributed by atoms with Gasteiger partial charge in [-0.1, -0.05) is 50.1 Å². The van der Waals surface area contributed by atoms with Gasteiger partial charge in [-0.3, -0.25) is 9.59 Å². The summed E-state index contributed by atoms with van der Waals surface area (Å²) < 4.78 is 4.83. The van der Waals surface area contributed by atoms with Crippen molar-refractivity contribution >= 4 is 28.7 Å². The monoisotopic (exact) mass is 459 g/mol. The summed E-state index contributed by atoms with van der Waals surface area (Å²) in [5.74, 6) is -0.443. The number of hydrogen-bond acceptors (Lipinski definition) is 4. The number of fused-ring (bicyclic) bond motifs is 4. The summed E-state index contributed by atoms with van der Waals surface area (Å²) in [6.45, 7) is 2.84. The summed E-state index contributed by atoms with van der Waals surface area (Å²) in [6.07, 6.45) is 3.49. The highest BCUT2D eigenvalue weighted by Crippen LogP contribution is 2.42. The molecule has 7 heteroatoms. The minimum Gasteiger partial charge on any atom is -0.465 e. The molecule has 2 aliphatic heterocycles. The van der Waals surface area contributed by atoms with Gasteiger partial charge < -0.3 is 19.5 Å². The number of aromatic amines is 1. The number of nitrogens with one attached hydrogen (secondary N) is 1. The lowest BCUT2D eigenvalue weighted by Gasteiger charge is -2.47. The van der Waals surface area contributed by atoms with Crippen LogP contribution < -0.4 is 0 Å². The quantitative estimate of drug-likeness (QED) is 0.449. The third kappa shape index (κ3) is 3.65. The number of carbonyl (C=O) groups is 3. The Bertz CT molecular complexity index is 1250. The van der Waals surface area contributed by atoms with Crippen LogP contribution in [0.5, 0.6) is 0 Å². The fourth-order valence-corrected chi connectivity index (χ4v) is 5.33. The van der Waals surface area contributed by atoms with Gasteiger partial charge in [-0.15, -0.1) is 0 Å². The molecule has 176 valence electrons. The van der Waals surface area contributed by atoms with Crippen LogP contribution in [0.15, 0.2) is 48.5 Å². The minimum atomic E-state index is -0.542. The van der Waals surface area contributed by atoms with E-state index in [1.807, 2.05) is 30.3 Å². The van der Waals surface area contributed by atoms with Gasteiger partial charge in [0.15, 0.2) is 0 Å². The molecule has 0 saturated carbocycles. The second-order valence-corrected chi connectivity index (χ2v) is 9.07. The van der Waals surface area contributed by atoms with Crippen LogP contribution in [0, 0.1) is 0 Å². The van der Waals surface area contributed by atoms with Gasteiger partial charge in [-0.05, 0) is 35.7 Å². The number of unbranched alkanes of at least 4 members (excludes halogenated alkanes) is 2. The smallest absolute Gasteiger partial charge is 0.337 e. The molecular weight excluding hydrogens is 430 g/mol. The largest absolute Gasteiger partial charge is 0.465 e. The van der Waals surface area contributed by atoms with Crippen molar-refractivity contribution in [2.75, 3.05) is 20.2 Å². The van der Waals surface area contributed by atoms with Crippen LogP contribution in [0.3, 0.4) is 0 Å². The Labute approximate surface area is 198 Å². The van der Waals surface area contributed by atoms with Gasteiger partial charge in [0.2, 0.25) is 11.8 Å². The van der Waals surface area contributed by atoms with Crippen LogP contribution in [0.1, 0.15) is 59.4 Å². The summed E-state index contributed by atoms with van der Waals surface area (Å²) in [6, 6.07) is 14.2. The molecule has 2 atom stereocenters. The van der Waals surface area contributed by atoms with E-state index < -0.39 is 18.1 Å². The maximum atomic E-state index is 13.6. The molecule has 1 fully saturated rings. The van der Waals surface area contributed by atoms with Crippen molar-refractivity contribution < 1.29 is 19.1 Å². The second kappa shape index (κ2) is 8.97. The van der Waals surface area contributed by atoms with Crippen LogP contribution in [-0.2, 0) is 20.7 Å². The first-order valence-electron chi connectivity index (χ1n) is 11.9. The first-order valence-corrected chi connectivity index (χ1v) is 11.9. The molecule has 1 saturated heterocycles. The van der Waals surface area contributed by atoms with Gasteiger partial charge in [0.05, 0.1) is 25.3 Å². The number of carbonyl (C=O) groups excluding carboxylic acids is 3. The highest BCUT2D eigenvalue weighted by molar-refractivity contribution is 5.97. The van der Waals surface area contributed by atoms with E-state index in [1.165, 1.54) is 7.11 Å². The van der Waals surface area contributed by atoms with Gasteiger partial charge in [-0.25, -0.2) is 4.79 Å². The Balaban J connectivity index is 1.59. The fraction of sp³-hybridized carbons (Fsp3) is 0.370. The number of rotatable bonds is 6. The summed E-state index contributed by atoms with van der Waals surface area (Å²) in [5, 5.41) is 1.08. The molecule has 0 aliphatic carbocycles. The third-order valence-electron chi connectivity index (χ3n) is 7.02. The Morgan fingerprint density at radius 2 is 1.85 bits per heavy atom. The Morgan fingerprint density at radius 3 is 2.59 bits per heavy atom. The fourth-order valence-electron chi connectivity index (χ4n) is 5.33. The van der Waals surface area contributed by atoms with Gasteiger partial charge in [0.25, 0.3) is 0 Å². The number of aromatic nitrogens is 1. The van der Waals surface area contributed by atoms with Crippen molar-refractivity contribution in [3.05, 3.63) is 70.9 Å². The second-order valence-electron chi connectivity index (χ2n) is 9.07. The third-order valence-corrected chi connectivity index (χ3v) is 7.02. The van der Waals surface area contributed by atoms with E-state index in [1.54, 1.807) is 21.9 Å². The molecule has 34 heavy (non-hydrogen) atoms. The molecule has 0 bridgehead atoms. The Kier molecular flexibility index (Phi) is 5.86. The molecule has 2 aromatic carbocycles. The zero-order valence-corrected chi connectivity index (χ0v) is 19.5. The maximum Gasteiger partial charge on any atom is 0.337 e. The predicted octanol–water partition coefficient (Wildman–Crippen LogP) is 3.83. The zero-order chi connectivity index (χ0) is 23.8. The van der Waals surface area contributed by atoms with Crippen molar-refractivity contribution in [1.29, 1.82) is 0 Å². The van der Waals surface area contributed by atoms with E-state index in [4.69, 9.17) is 4.74 Å². The first kappa shape index (κ1) is 22.2. The standard InChI is InChI=1S/C27H29N3O4/c1-3-4-7-14-29-16-23(31)30-22(26(29)32)15-20-19-8-5-6-9-21(19)28-24(20)25(30)17-10-12-18(13-11-17)27(33)34-2/h5-6,8-13,22,25,28H,3-4,7,14-16H2,1-2H3. The molecule has 3 aromatic rings. The number of methoxy groups -OCH3 is 1. The number of amides is 2. The normalized spacial score (nSPS) is 19.8. The Hall–Kier alpha value is -3.61. The average molecular weight is 460 g/mol. The van der Waals surface area contributed by atoms with Gasteiger partial charge in [-0.2, -0.15) is 0 Å². The molecule has 1 N–H and O–H groups in total. The summed E-state index contributed by atoms with van der Waals surface area (Å²) in [7, 11) is 1.35. The summed E-state index contributed by atoms with van der Waals surface area (Å²) >= 11 is 0. The van der Waals surface area contributed by atoms with Gasteiger partial charge in [0.1, 0.15) is 6.04 Å². The highest BCUT2D eigenvalue weighted by Gasteiger charge is 2.48. The van der Waals surface area contributed by atoms with Crippen molar-refractivity contribution in [2.45, 2.75) is 44.7 Å². The molecule has 5 rings (SSSR count). The van der Waals surface area contributed by atoms with Gasteiger partial charge in [0, 0.05) is 29.6 Å². The predicted molar refractivity (Wildman–Crippen MR) is 128 cm³/mol. The van der Waals surface area contributed by atoms with E-state index in [2.05, 4.69) is 18.0 Å². The first-order chi connectivity index (χ1) is 16.5. The molecular formula is C27H29N3O4. The molecule has 0 spiro atoms. The van der Waals surface area contributed by atoms with Crippen molar-refractivity contribution in [1.82, 2.24) is 14.8 Å². The zero-order valence-electron chi connectivity index (χ0n) is 19.5. The molecule has 2 unspecified atom stereocenters. The van der Waals surface area contributed by atoms with E-state index in [0.717, 1.165) is 47.0 Å². The highest BCUT2D eigenvalue weighted by atomic mass is 16.5. The van der Waals surface area contributed by atoms with Crippen LogP contribution in [-0.4, -0.2) is 58.8 Å². The van der Waals surface area contributed by atoms with Crippen molar-refractivity contribution in [2.24, 2.45) is 0 Å². The summed E-state index contributed by atoms with van der Waals surface area (Å²) in [4.78, 5) is 46.0. The van der Waals surface area contributed by atoms with Crippen LogP contribution >= 0.6 is 0 Å². The number of ether oxygens (including phenoxy) is 1. The maximum absolute atomic E-state index is 13.6. The number of H-pyrrole nitrogens is 1. The Morgan fingerprint density at radius 1 is 1.09 bits per heavy atom. The van der Waals surface area contributed by atoms with Gasteiger partial charge >= 0.3 is 5.97 Å². The lowest BCUT2D eigenvalue weighted by molar-refractivity contribution is -0.158. The van der Waals surface area contributed by atoms with Crippen molar-refractivity contribution in [3.8, 4) is 0 Å². The van der Waals surface area contributed by atoms with E-state index >= 15 is 0 Å². The van der Waals surface area contributed by atoms with E-state index in [-0.39, 0.29) is 18.4 Å². The number of nitrogens with zero attached hydrogens (tertiary/aromatic N) is 2. The number of esters is 1. The van der Waals surface area contributed by atoms with Crippen LogP contribution in [0.4, 0.5) is 0 Å². The molecule has 1 aromatic heterocycles. The van der Waals surface area contributed by atoms with Crippen molar-refractivity contribution in [3.63, 3.8) is 0 Å². The lowest BCUT2D eigenvalue weighted by Crippen LogP contribution is -2.63. The molecule has 7 nitrogen and oxygen atoms in total. The molecule has 2 aliphatic rings. The minimum absolute atomic E-state index is 0.0165. The number of hydrogen-bond donors (Lipinski definition) is 1. The SMILES string of the molecule is CCCCCN1CC(=O)N2C(Cc3c([nH]c4ccccc34)C2c2ccc(C(=O)OC)cc2)C1=O. The lowest BCUT2D eigenvalue weighted by atomic mass is 9.86. The molecule has 0 radical (unpaired) electrons. The van der Waals surface area contributed by atoms with Crippen LogP contribution in [0.2, 0.25) is 0 Å². The van der Waals surface area contributed by atoms with E-state index in [0.29, 0.717) is 18.5 Å². The molecule has 3 heterocycles. The number of piperazine rings is 1.